The van der Waals surface area contributed by atoms with Crippen molar-refractivity contribution < 1.29 is 22.7 Å². The van der Waals surface area contributed by atoms with Gasteiger partial charge in [-0.2, -0.15) is 0 Å². The quantitative estimate of drug-likeness (QED) is 0.913. The number of anilines is 1. The van der Waals surface area contributed by atoms with E-state index in [4.69, 9.17) is 0 Å². The molecule has 1 N–H and O–H groups in total. The molecule has 1 aromatic carbocycles. The normalized spacial score (nSPS) is 22.7. The minimum atomic E-state index is -4.63. The third kappa shape index (κ3) is 4.21. The number of ether oxygens (including phenoxy) is 1. The van der Waals surface area contributed by atoms with Crippen molar-refractivity contribution in [2.75, 3.05) is 5.32 Å². The average molecular weight is 338 g/mol. The summed E-state index contributed by atoms with van der Waals surface area (Å²) < 4.78 is 40.4. The van der Waals surface area contributed by atoms with E-state index in [1.165, 1.54) is 0 Å². The maximum absolute atomic E-state index is 11.9. The Morgan fingerprint density at radius 2 is 2.05 bits per heavy atom. The van der Waals surface area contributed by atoms with E-state index in [0.29, 0.717) is 5.69 Å². The molecular formula is C12H11BrF3NO2. The molecule has 0 atom stereocenters. The van der Waals surface area contributed by atoms with Crippen LogP contribution in [-0.2, 0) is 9.53 Å². The number of amides is 1. The number of benzene rings is 1. The zero-order chi connectivity index (χ0) is 14.0. The minimum absolute atomic E-state index is 0.0966. The van der Waals surface area contributed by atoms with Crippen molar-refractivity contribution in [1.29, 1.82) is 0 Å². The number of halogens is 4. The first-order valence-electron chi connectivity index (χ1n) is 5.64. The Kier molecular flexibility index (Phi) is 4.15. The molecule has 1 fully saturated rings. The number of hydrogen-bond acceptors (Lipinski definition) is 2. The van der Waals surface area contributed by atoms with Gasteiger partial charge in [-0.3, -0.25) is 9.53 Å². The largest absolute Gasteiger partial charge is 0.522 e. The first-order chi connectivity index (χ1) is 8.83. The molecule has 0 heterocycles. The standard InChI is InChI=1S/C12H11BrF3NO2/c13-8-2-1-3-9(6-8)17-11(18)7-4-10(5-7)19-12(14,15)16/h1-3,6-7,10H,4-5H2,(H,17,18). The smallest absolute Gasteiger partial charge is 0.326 e. The van der Waals surface area contributed by atoms with Crippen LogP contribution in [0.3, 0.4) is 0 Å². The molecule has 0 bridgehead atoms. The van der Waals surface area contributed by atoms with Gasteiger partial charge in [-0.1, -0.05) is 22.0 Å². The van der Waals surface area contributed by atoms with Gasteiger partial charge >= 0.3 is 6.36 Å². The highest BCUT2D eigenvalue weighted by atomic mass is 79.9. The van der Waals surface area contributed by atoms with Crippen LogP contribution in [0.4, 0.5) is 18.9 Å². The number of carbonyl (C=O) groups excluding carboxylic acids is 1. The summed E-state index contributed by atoms with van der Waals surface area (Å²) >= 11 is 3.27. The van der Waals surface area contributed by atoms with Crippen LogP contribution in [0.25, 0.3) is 0 Å². The minimum Gasteiger partial charge on any atom is -0.326 e. The van der Waals surface area contributed by atoms with Gasteiger partial charge < -0.3 is 5.32 Å². The van der Waals surface area contributed by atoms with E-state index in [-0.39, 0.29) is 18.7 Å². The molecule has 1 aromatic rings. The number of hydrogen-bond donors (Lipinski definition) is 1. The summed E-state index contributed by atoms with van der Waals surface area (Å²) in [6, 6.07) is 7.01. The van der Waals surface area contributed by atoms with E-state index >= 15 is 0 Å². The molecule has 7 heteroatoms. The fraction of sp³-hybridized carbons (Fsp3) is 0.417. The number of alkyl halides is 3. The fourth-order valence-corrected chi connectivity index (χ4v) is 2.27. The molecule has 1 aliphatic rings. The topological polar surface area (TPSA) is 38.3 Å². The molecule has 0 radical (unpaired) electrons. The Balaban J connectivity index is 1.81. The number of rotatable bonds is 3. The Bertz CT molecular complexity index is 472. The lowest BCUT2D eigenvalue weighted by Gasteiger charge is -2.34. The Morgan fingerprint density at radius 1 is 1.37 bits per heavy atom. The highest BCUT2D eigenvalue weighted by molar-refractivity contribution is 9.10. The number of carbonyl (C=O) groups is 1. The van der Waals surface area contributed by atoms with Gasteiger partial charge in [0, 0.05) is 16.1 Å². The monoisotopic (exact) mass is 337 g/mol. The van der Waals surface area contributed by atoms with Crippen LogP contribution >= 0.6 is 15.9 Å². The highest BCUT2D eigenvalue weighted by Gasteiger charge is 2.42. The van der Waals surface area contributed by atoms with Gasteiger partial charge in [-0.25, -0.2) is 0 Å². The fourth-order valence-electron chi connectivity index (χ4n) is 1.88. The zero-order valence-corrected chi connectivity index (χ0v) is 11.3. The van der Waals surface area contributed by atoms with Crippen LogP contribution in [0.15, 0.2) is 28.7 Å². The van der Waals surface area contributed by atoms with E-state index in [9.17, 15) is 18.0 Å². The SMILES string of the molecule is O=C(Nc1cccc(Br)c1)C1CC(OC(F)(F)F)C1. The Morgan fingerprint density at radius 3 is 2.63 bits per heavy atom. The second-order valence-electron chi connectivity index (χ2n) is 4.35. The van der Waals surface area contributed by atoms with E-state index in [1.807, 2.05) is 6.07 Å². The van der Waals surface area contributed by atoms with Crippen molar-refractivity contribution in [3.05, 3.63) is 28.7 Å². The molecule has 1 saturated carbocycles. The van der Waals surface area contributed by atoms with E-state index in [2.05, 4.69) is 26.0 Å². The predicted octanol–water partition coefficient (Wildman–Crippen LogP) is 3.70. The van der Waals surface area contributed by atoms with Crippen LogP contribution in [0, 0.1) is 5.92 Å². The van der Waals surface area contributed by atoms with E-state index in [0.717, 1.165) is 4.47 Å². The second kappa shape index (κ2) is 5.50. The third-order valence-electron chi connectivity index (χ3n) is 2.86. The van der Waals surface area contributed by atoms with Crippen molar-refractivity contribution in [2.24, 2.45) is 5.92 Å². The van der Waals surface area contributed by atoms with Crippen LogP contribution < -0.4 is 5.32 Å². The maximum Gasteiger partial charge on any atom is 0.522 e. The van der Waals surface area contributed by atoms with Crippen molar-refractivity contribution in [3.8, 4) is 0 Å². The summed E-state index contributed by atoms with van der Waals surface area (Å²) in [4.78, 5) is 11.8. The Labute approximate surface area is 116 Å². The van der Waals surface area contributed by atoms with Crippen molar-refractivity contribution in [1.82, 2.24) is 0 Å². The average Bonchev–Trinajstić information content (AvgIpc) is 2.21. The summed E-state index contributed by atoms with van der Waals surface area (Å²) in [6.45, 7) is 0. The van der Waals surface area contributed by atoms with Gasteiger partial charge in [-0.05, 0) is 31.0 Å². The van der Waals surface area contributed by atoms with Gasteiger partial charge in [0.15, 0.2) is 0 Å². The molecule has 104 valence electrons. The molecule has 1 aliphatic carbocycles. The van der Waals surface area contributed by atoms with Gasteiger partial charge in [0.1, 0.15) is 0 Å². The lowest BCUT2D eigenvalue weighted by atomic mass is 9.81. The third-order valence-corrected chi connectivity index (χ3v) is 3.35. The maximum atomic E-state index is 11.9. The van der Waals surface area contributed by atoms with Gasteiger partial charge in [-0.15, -0.1) is 13.2 Å². The lowest BCUT2D eigenvalue weighted by molar-refractivity contribution is -0.353. The molecule has 0 aliphatic heterocycles. The van der Waals surface area contributed by atoms with Crippen molar-refractivity contribution in [2.45, 2.75) is 25.3 Å². The molecule has 0 saturated heterocycles. The molecule has 0 aromatic heterocycles. The summed E-state index contributed by atoms with van der Waals surface area (Å²) in [7, 11) is 0. The zero-order valence-electron chi connectivity index (χ0n) is 9.71. The predicted molar refractivity (Wildman–Crippen MR) is 66.4 cm³/mol. The lowest BCUT2D eigenvalue weighted by Crippen LogP contribution is -2.41. The van der Waals surface area contributed by atoms with Gasteiger partial charge in [0.2, 0.25) is 5.91 Å². The van der Waals surface area contributed by atoms with Gasteiger partial charge in [0.25, 0.3) is 0 Å². The van der Waals surface area contributed by atoms with Gasteiger partial charge in [0.05, 0.1) is 6.10 Å². The summed E-state index contributed by atoms with van der Waals surface area (Å²) in [5, 5.41) is 2.66. The van der Waals surface area contributed by atoms with Crippen LogP contribution in [0.5, 0.6) is 0 Å². The highest BCUT2D eigenvalue weighted by Crippen LogP contribution is 2.35. The first kappa shape index (κ1) is 14.3. The summed E-state index contributed by atoms with van der Waals surface area (Å²) in [5.41, 5.74) is 0.611. The second-order valence-corrected chi connectivity index (χ2v) is 5.27. The molecule has 2 rings (SSSR count). The molecule has 0 unspecified atom stereocenters. The van der Waals surface area contributed by atoms with Crippen molar-refractivity contribution in [3.63, 3.8) is 0 Å². The summed E-state index contributed by atoms with van der Waals surface area (Å²) in [6.07, 6.45) is -5.34. The molecule has 19 heavy (non-hydrogen) atoms. The van der Waals surface area contributed by atoms with Crippen LogP contribution in [0.2, 0.25) is 0 Å². The van der Waals surface area contributed by atoms with E-state index in [1.54, 1.807) is 18.2 Å². The van der Waals surface area contributed by atoms with Crippen molar-refractivity contribution >= 4 is 27.5 Å². The molecule has 3 nitrogen and oxygen atoms in total. The molecule has 0 spiro atoms. The van der Waals surface area contributed by atoms with Crippen LogP contribution in [0.1, 0.15) is 12.8 Å². The van der Waals surface area contributed by atoms with Crippen LogP contribution in [-0.4, -0.2) is 18.4 Å². The Hall–Kier alpha value is -1.08. The molecule has 1 amide bonds. The number of nitrogens with one attached hydrogen (secondary N) is 1. The first-order valence-corrected chi connectivity index (χ1v) is 6.44. The van der Waals surface area contributed by atoms with E-state index < -0.39 is 18.4 Å². The molecular weight excluding hydrogens is 327 g/mol. The summed E-state index contributed by atoms with van der Waals surface area (Å²) in [5.74, 6) is -0.702.